The molecule has 0 aromatic carbocycles. The van der Waals surface area contributed by atoms with Gasteiger partial charge in [-0.25, -0.2) is 9.97 Å². The molecule has 0 saturated carbocycles. The van der Waals surface area contributed by atoms with Gasteiger partial charge in [0.25, 0.3) is 0 Å². The summed E-state index contributed by atoms with van der Waals surface area (Å²) in [6, 6.07) is 3.60. The van der Waals surface area contributed by atoms with Gasteiger partial charge in [-0.3, -0.25) is 4.79 Å². The van der Waals surface area contributed by atoms with Crippen molar-refractivity contribution in [1.82, 2.24) is 19.9 Å². The summed E-state index contributed by atoms with van der Waals surface area (Å²) in [6.45, 7) is 3.93. The molecule has 2 saturated heterocycles. The topological polar surface area (TPSA) is 100 Å². The number of nitrogens with zero attached hydrogens (tertiary/aromatic N) is 5. The lowest BCUT2D eigenvalue weighted by Gasteiger charge is -2.37. The summed E-state index contributed by atoms with van der Waals surface area (Å²) in [6.07, 6.45) is -2.60. The number of aromatic nitrogens is 3. The van der Waals surface area contributed by atoms with Crippen LogP contribution >= 0.6 is 0 Å². The fourth-order valence-corrected chi connectivity index (χ4v) is 3.64. The maximum Gasteiger partial charge on any atom is 0.416 e. The smallest absolute Gasteiger partial charge is 0.342 e. The molecular weight excluding hydrogens is 399 g/mol. The lowest BCUT2D eigenvalue weighted by molar-refractivity contribution is -0.137. The minimum atomic E-state index is -4.46. The summed E-state index contributed by atoms with van der Waals surface area (Å²) in [5.41, 5.74) is 5.80. The summed E-state index contributed by atoms with van der Waals surface area (Å²) < 4.78 is 39.0. The lowest BCUT2D eigenvalue weighted by Crippen LogP contribution is -2.56. The van der Waals surface area contributed by atoms with Crippen LogP contribution in [-0.4, -0.2) is 58.0 Å². The molecule has 4 rings (SSSR count). The number of nitrogens with two attached hydrogens (primary N) is 1. The zero-order valence-corrected chi connectivity index (χ0v) is 16.4. The highest BCUT2D eigenvalue weighted by molar-refractivity contribution is 5.73. The van der Waals surface area contributed by atoms with Crippen molar-refractivity contribution in [1.29, 1.82) is 0 Å². The Morgan fingerprint density at radius 2 is 1.97 bits per heavy atom. The van der Waals surface area contributed by atoms with Crippen molar-refractivity contribution in [3.63, 3.8) is 0 Å². The van der Waals surface area contributed by atoms with E-state index < -0.39 is 11.7 Å². The summed E-state index contributed by atoms with van der Waals surface area (Å²) in [5.74, 6) is 0.888. The van der Waals surface area contributed by atoms with Gasteiger partial charge in [0.2, 0.25) is 11.9 Å². The molecule has 11 heteroatoms. The van der Waals surface area contributed by atoms with Gasteiger partial charge >= 0.3 is 6.18 Å². The number of rotatable bonds is 4. The van der Waals surface area contributed by atoms with Crippen LogP contribution in [0.4, 0.5) is 30.8 Å². The third-order valence-corrected chi connectivity index (χ3v) is 5.32. The van der Waals surface area contributed by atoms with Crippen LogP contribution in [0.1, 0.15) is 30.5 Å². The van der Waals surface area contributed by atoms with E-state index in [-0.39, 0.29) is 23.7 Å². The van der Waals surface area contributed by atoms with Crippen molar-refractivity contribution < 1.29 is 18.0 Å². The molecule has 8 nitrogen and oxygen atoms in total. The maximum atomic E-state index is 13.0. The van der Waals surface area contributed by atoms with Crippen LogP contribution in [0.15, 0.2) is 24.4 Å². The van der Waals surface area contributed by atoms with Crippen LogP contribution in [0.3, 0.4) is 0 Å². The molecule has 0 spiro atoms. The molecule has 2 aromatic rings. The first-order chi connectivity index (χ1) is 14.2. The molecule has 2 aliphatic heterocycles. The minimum absolute atomic E-state index is 0.00649. The van der Waals surface area contributed by atoms with Gasteiger partial charge in [0.1, 0.15) is 11.6 Å². The van der Waals surface area contributed by atoms with Crippen LogP contribution < -0.4 is 16.0 Å². The number of hydrogen-bond donors (Lipinski definition) is 2. The molecule has 30 heavy (non-hydrogen) atoms. The Morgan fingerprint density at radius 1 is 1.20 bits per heavy atom. The van der Waals surface area contributed by atoms with E-state index >= 15 is 0 Å². The Kier molecular flexibility index (Phi) is 5.22. The molecule has 0 aliphatic carbocycles. The molecule has 160 valence electrons. The highest BCUT2D eigenvalue weighted by Crippen LogP contribution is 2.32. The van der Waals surface area contributed by atoms with Gasteiger partial charge in [0, 0.05) is 57.3 Å². The van der Waals surface area contributed by atoms with Gasteiger partial charge in [-0.2, -0.15) is 18.2 Å². The van der Waals surface area contributed by atoms with Crippen LogP contribution in [-0.2, 0) is 11.0 Å². The molecule has 2 fully saturated rings. The predicted molar refractivity (Wildman–Crippen MR) is 104 cm³/mol. The van der Waals surface area contributed by atoms with Gasteiger partial charge in [0.05, 0.1) is 11.3 Å². The van der Waals surface area contributed by atoms with Gasteiger partial charge < -0.3 is 20.9 Å². The van der Waals surface area contributed by atoms with Crippen LogP contribution in [0.5, 0.6) is 0 Å². The SMILES string of the molecule is CC(=O)N1CCC(c2cc(Nc3cc(C(F)(F)F)ccn3)nc(N3CC(N)C3)n2)C1. The monoisotopic (exact) mass is 421 g/mol. The highest BCUT2D eigenvalue weighted by Gasteiger charge is 2.32. The maximum absolute atomic E-state index is 13.0. The number of nitrogens with one attached hydrogen (secondary N) is 1. The molecule has 2 aliphatic rings. The van der Waals surface area contributed by atoms with Crippen molar-refractivity contribution in [3.05, 3.63) is 35.7 Å². The van der Waals surface area contributed by atoms with E-state index in [0.29, 0.717) is 37.9 Å². The Balaban J connectivity index is 1.62. The Bertz CT molecular complexity index is 946. The molecule has 0 bridgehead atoms. The third-order valence-electron chi connectivity index (χ3n) is 5.32. The van der Waals surface area contributed by atoms with Crippen molar-refractivity contribution in [3.8, 4) is 0 Å². The molecule has 3 N–H and O–H groups in total. The summed E-state index contributed by atoms with van der Waals surface area (Å²) in [5, 5.41) is 2.87. The predicted octanol–water partition coefficient (Wildman–Crippen LogP) is 2.12. The average molecular weight is 421 g/mol. The Hall–Kier alpha value is -2.95. The standard InChI is InChI=1S/C19H22F3N7O/c1-11(30)28-5-3-12(8-28)15-7-17(27-18(25-15)29-9-14(23)10-29)26-16-6-13(2-4-24-16)19(20,21)22/h2,4,6-7,12,14H,3,5,8-10,23H2,1H3,(H,24,25,26,27). The van der Waals surface area contributed by atoms with Crippen LogP contribution in [0.25, 0.3) is 0 Å². The zero-order chi connectivity index (χ0) is 21.5. The fourth-order valence-electron chi connectivity index (χ4n) is 3.64. The molecular formula is C19H22F3N7O. The van der Waals surface area contributed by atoms with Crippen molar-refractivity contribution in [2.75, 3.05) is 36.4 Å². The summed E-state index contributed by atoms with van der Waals surface area (Å²) in [4.78, 5) is 28.4. The number of pyridine rings is 1. The van der Waals surface area contributed by atoms with Crippen LogP contribution in [0.2, 0.25) is 0 Å². The number of carbonyl (C=O) groups is 1. The first-order valence-electron chi connectivity index (χ1n) is 9.64. The van der Waals surface area contributed by atoms with E-state index in [4.69, 9.17) is 5.73 Å². The quantitative estimate of drug-likeness (QED) is 0.780. The second-order valence-electron chi connectivity index (χ2n) is 7.65. The first-order valence-corrected chi connectivity index (χ1v) is 9.64. The van der Waals surface area contributed by atoms with Crippen molar-refractivity contribution in [2.45, 2.75) is 31.5 Å². The first kappa shape index (κ1) is 20.3. The fraction of sp³-hybridized carbons (Fsp3) is 0.474. The second-order valence-corrected chi connectivity index (χ2v) is 7.65. The number of carbonyl (C=O) groups excluding carboxylic acids is 1. The van der Waals surface area contributed by atoms with E-state index in [1.165, 1.54) is 6.92 Å². The number of anilines is 3. The average Bonchev–Trinajstić information content (AvgIpc) is 3.15. The zero-order valence-electron chi connectivity index (χ0n) is 16.4. The molecule has 1 unspecified atom stereocenters. The van der Waals surface area contributed by atoms with Crippen LogP contribution in [0, 0.1) is 0 Å². The van der Waals surface area contributed by atoms with Crippen molar-refractivity contribution in [2.24, 2.45) is 5.73 Å². The molecule has 4 heterocycles. The summed E-state index contributed by atoms with van der Waals surface area (Å²) in [7, 11) is 0. The normalized spacial score (nSPS) is 19.7. The van der Waals surface area contributed by atoms with E-state index in [0.717, 1.165) is 30.4 Å². The highest BCUT2D eigenvalue weighted by atomic mass is 19.4. The van der Waals surface area contributed by atoms with E-state index in [1.807, 2.05) is 4.90 Å². The lowest BCUT2D eigenvalue weighted by atomic mass is 10.0. The molecule has 1 atom stereocenters. The largest absolute Gasteiger partial charge is 0.416 e. The second kappa shape index (κ2) is 7.71. The summed E-state index contributed by atoms with van der Waals surface area (Å²) >= 11 is 0. The van der Waals surface area contributed by atoms with E-state index in [9.17, 15) is 18.0 Å². The molecule has 1 amide bonds. The number of likely N-dealkylation sites (tertiary alicyclic amines) is 1. The molecule has 2 aromatic heterocycles. The number of hydrogen-bond acceptors (Lipinski definition) is 7. The van der Waals surface area contributed by atoms with E-state index in [1.54, 1.807) is 11.0 Å². The molecule has 0 radical (unpaired) electrons. The van der Waals surface area contributed by atoms with Gasteiger partial charge in [-0.15, -0.1) is 0 Å². The minimum Gasteiger partial charge on any atom is -0.342 e. The van der Waals surface area contributed by atoms with Crippen molar-refractivity contribution >= 4 is 23.5 Å². The van der Waals surface area contributed by atoms with Gasteiger partial charge in [0.15, 0.2) is 0 Å². The van der Waals surface area contributed by atoms with E-state index in [2.05, 4.69) is 20.3 Å². The Labute approximate surface area is 171 Å². The number of halogens is 3. The third kappa shape index (κ3) is 4.30. The Morgan fingerprint density at radius 3 is 2.60 bits per heavy atom. The van der Waals surface area contributed by atoms with Gasteiger partial charge in [-0.1, -0.05) is 0 Å². The van der Waals surface area contributed by atoms with Gasteiger partial charge in [-0.05, 0) is 18.6 Å². The number of amides is 1. The number of alkyl halides is 3.